The Morgan fingerprint density at radius 3 is 2.53 bits per heavy atom. The lowest BCUT2D eigenvalue weighted by atomic mass is 10.2. The van der Waals surface area contributed by atoms with Crippen LogP contribution in [-0.2, 0) is 0 Å². The van der Waals surface area contributed by atoms with Crippen LogP contribution in [0.4, 0.5) is 0 Å². The lowest BCUT2D eigenvalue weighted by Gasteiger charge is -2.08. The molecule has 2 aromatic rings. The van der Waals surface area contributed by atoms with E-state index in [9.17, 15) is 4.79 Å². The third-order valence-electron chi connectivity index (χ3n) is 2.30. The van der Waals surface area contributed by atoms with Crippen LogP contribution in [0.3, 0.4) is 0 Å². The van der Waals surface area contributed by atoms with Crippen LogP contribution in [0.5, 0.6) is 0 Å². The lowest BCUT2D eigenvalue weighted by Crippen LogP contribution is -2.30. The van der Waals surface area contributed by atoms with Gasteiger partial charge in [0.2, 0.25) is 0 Å². The van der Waals surface area contributed by atoms with Crippen LogP contribution in [0.2, 0.25) is 0 Å². The van der Waals surface area contributed by atoms with Gasteiger partial charge < -0.3 is 9.88 Å². The number of hydrogen-bond donors (Lipinski definition) is 1. The van der Waals surface area contributed by atoms with Gasteiger partial charge in [0.25, 0.3) is 5.91 Å². The molecule has 2 heterocycles. The molecule has 0 radical (unpaired) electrons. The summed E-state index contributed by atoms with van der Waals surface area (Å²) in [6, 6.07) is 7.60. The zero-order valence-electron chi connectivity index (χ0n) is 9.92. The molecule has 88 valence electrons. The molecule has 4 nitrogen and oxygen atoms in total. The Bertz CT molecular complexity index is 486. The Morgan fingerprint density at radius 2 is 2.00 bits per heavy atom. The smallest absolute Gasteiger partial charge is 0.253 e. The van der Waals surface area contributed by atoms with Gasteiger partial charge in [0, 0.05) is 24.6 Å². The normalized spacial score (nSPS) is 10.5. The highest BCUT2D eigenvalue weighted by molar-refractivity contribution is 5.94. The molecule has 4 heteroatoms. The molecule has 1 N–H and O–H groups in total. The molecule has 0 atom stereocenters. The summed E-state index contributed by atoms with van der Waals surface area (Å²) < 4.78 is 1.89. The van der Waals surface area contributed by atoms with Crippen molar-refractivity contribution in [2.45, 2.75) is 19.9 Å². The Morgan fingerprint density at radius 1 is 1.29 bits per heavy atom. The zero-order chi connectivity index (χ0) is 12.3. The molecule has 0 aromatic carbocycles. The van der Waals surface area contributed by atoms with E-state index >= 15 is 0 Å². The molecular formula is C13H15N3O. The summed E-state index contributed by atoms with van der Waals surface area (Å²) in [5.41, 5.74) is 0.578. The van der Waals surface area contributed by atoms with Crippen molar-refractivity contribution in [3.63, 3.8) is 0 Å². The van der Waals surface area contributed by atoms with E-state index in [0.717, 1.165) is 5.82 Å². The first-order valence-electron chi connectivity index (χ1n) is 5.57. The molecule has 0 aliphatic heterocycles. The third-order valence-corrected chi connectivity index (χ3v) is 2.30. The van der Waals surface area contributed by atoms with Crippen LogP contribution >= 0.6 is 0 Å². The molecule has 17 heavy (non-hydrogen) atoms. The Balaban J connectivity index is 2.16. The average molecular weight is 229 g/mol. The molecule has 0 bridgehead atoms. The summed E-state index contributed by atoms with van der Waals surface area (Å²) in [5.74, 6) is 0.711. The van der Waals surface area contributed by atoms with Crippen LogP contribution in [0.25, 0.3) is 5.82 Å². The summed E-state index contributed by atoms with van der Waals surface area (Å²) in [6.07, 6.45) is 5.42. The van der Waals surface area contributed by atoms with E-state index in [4.69, 9.17) is 0 Å². The molecule has 0 fully saturated rings. The Labute approximate surface area is 100 Å². The number of nitrogens with one attached hydrogen (secondary N) is 1. The van der Waals surface area contributed by atoms with Crippen molar-refractivity contribution >= 4 is 5.91 Å². The fourth-order valence-electron chi connectivity index (χ4n) is 1.51. The van der Waals surface area contributed by atoms with Crippen molar-refractivity contribution in [3.05, 3.63) is 48.4 Å². The SMILES string of the molecule is CC(C)NC(=O)c1ccc(-n2cccc2)nc1. The van der Waals surface area contributed by atoms with Crippen molar-refractivity contribution < 1.29 is 4.79 Å². The second-order valence-electron chi connectivity index (χ2n) is 4.12. The number of carbonyl (C=O) groups excluding carboxylic acids is 1. The highest BCUT2D eigenvalue weighted by Crippen LogP contribution is 2.06. The van der Waals surface area contributed by atoms with Crippen molar-refractivity contribution in [1.82, 2.24) is 14.9 Å². The molecular weight excluding hydrogens is 214 g/mol. The first-order valence-corrected chi connectivity index (χ1v) is 5.57. The Hall–Kier alpha value is -2.10. The second-order valence-corrected chi connectivity index (χ2v) is 4.12. The van der Waals surface area contributed by atoms with Crippen molar-refractivity contribution in [2.24, 2.45) is 0 Å². The van der Waals surface area contributed by atoms with Gasteiger partial charge in [-0.05, 0) is 38.1 Å². The summed E-state index contributed by atoms with van der Waals surface area (Å²) >= 11 is 0. The van der Waals surface area contributed by atoms with Crippen molar-refractivity contribution in [1.29, 1.82) is 0 Å². The number of pyridine rings is 1. The molecule has 0 saturated heterocycles. The van der Waals surface area contributed by atoms with Gasteiger partial charge in [-0.1, -0.05) is 0 Å². The molecule has 1 amide bonds. The van der Waals surface area contributed by atoms with E-state index in [1.807, 2.05) is 49.0 Å². The quantitative estimate of drug-likeness (QED) is 0.875. The third kappa shape index (κ3) is 2.72. The van der Waals surface area contributed by atoms with Gasteiger partial charge in [-0.2, -0.15) is 0 Å². The number of aromatic nitrogens is 2. The maximum atomic E-state index is 11.7. The average Bonchev–Trinajstić information content (AvgIpc) is 2.82. The molecule has 2 aromatic heterocycles. The zero-order valence-corrected chi connectivity index (χ0v) is 9.92. The van der Waals surface area contributed by atoms with Crippen molar-refractivity contribution in [3.8, 4) is 5.82 Å². The van der Waals surface area contributed by atoms with Crippen molar-refractivity contribution in [2.75, 3.05) is 0 Å². The van der Waals surface area contributed by atoms with E-state index in [2.05, 4.69) is 10.3 Å². The summed E-state index contributed by atoms with van der Waals surface area (Å²) in [5, 5.41) is 2.83. The minimum atomic E-state index is -0.0912. The van der Waals surface area contributed by atoms with Gasteiger partial charge in [0.15, 0.2) is 0 Å². The largest absolute Gasteiger partial charge is 0.350 e. The fraction of sp³-hybridized carbons (Fsp3) is 0.231. The first kappa shape index (κ1) is 11.4. The van der Waals surface area contributed by atoms with Crippen LogP contribution in [-0.4, -0.2) is 21.5 Å². The maximum Gasteiger partial charge on any atom is 0.253 e. The number of hydrogen-bond acceptors (Lipinski definition) is 2. The number of carbonyl (C=O) groups is 1. The van der Waals surface area contributed by atoms with E-state index in [1.54, 1.807) is 12.3 Å². The van der Waals surface area contributed by atoms with Crippen LogP contribution < -0.4 is 5.32 Å². The second kappa shape index (κ2) is 4.82. The number of amides is 1. The maximum absolute atomic E-state index is 11.7. The molecule has 0 unspecified atom stereocenters. The number of nitrogens with zero attached hydrogens (tertiary/aromatic N) is 2. The minimum Gasteiger partial charge on any atom is -0.350 e. The van der Waals surface area contributed by atoms with E-state index < -0.39 is 0 Å². The fourth-order valence-corrected chi connectivity index (χ4v) is 1.51. The van der Waals surface area contributed by atoms with Gasteiger partial charge in [0.1, 0.15) is 5.82 Å². The Kier molecular flexibility index (Phi) is 3.23. The summed E-state index contributed by atoms with van der Waals surface area (Å²) in [6.45, 7) is 3.86. The predicted octanol–water partition coefficient (Wildman–Crippen LogP) is 2.01. The topological polar surface area (TPSA) is 46.9 Å². The van der Waals surface area contributed by atoms with Crippen LogP contribution in [0, 0.1) is 0 Å². The first-order chi connectivity index (χ1) is 8.16. The molecule has 2 rings (SSSR count). The monoisotopic (exact) mass is 229 g/mol. The number of rotatable bonds is 3. The van der Waals surface area contributed by atoms with E-state index in [1.165, 1.54) is 0 Å². The highest BCUT2D eigenvalue weighted by Gasteiger charge is 2.07. The lowest BCUT2D eigenvalue weighted by molar-refractivity contribution is 0.0943. The molecule has 0 saturated carbocycles. The summed E-state index contributed by atoms with van der Waals surface area (Å²) in [7, 11) is 0. The van der Waals surface area contributed by atoms with Gasteiger partial charge in [-0.3, -0.25) is 4.79 Å². The van der Waals surface area contributed by atoms with Gasteiger partial charge >= 0.3 is 0 Å². The highest BCUT2D eigenvalue weighted by atomic mass is 16.1. The van der Waals surface area contributed by atoms with Gasteiger partial charge in [0.05, 0.1) is 5.56 Å². The minimum absolute atomic E-state index is 0.0912. The van der Waals surface area contributed by atoms with Gasteiger partial charge in [-0.15, -0.1) is 0 Å². The van der Waals surface area contributed by atoms with E-state index in [-0.39, 0.29) is 11.9 Å². The molecule has 0 spiro atoms. The van der Waals surface area contributed by atoms with Crippen LogP contribution in [0.1, 0.15) is 24.2 Å². The summed E-state index contributed by atoms with van der Waals surface area (Å²) in [4.78, 5) is 15.9. The molecule has 0 aliphatic carbocycles. The van der Waals surface area contributed by atoms with Gasteiger partial charge in [-0.25, -0.2) is 4.98 Å². The standard InChI is InChI=1S/C13H15N3O/c1-10(2)15-13(17)11-5-6-12(14-9-11)16-7-3-4-8-16/h3-10H,1-2H3,(H,15,17). The van der Waals surface area contributed by atoms with Crippen LogP contribution in [0.15, 0.2) is 42.9 Å². The predicted molar refractivity (Wildman–Crippen MR) is 66.2 cm³/mol. The van der Waals surface area contributed by atoms with E-state index in [0.29, 0.717) is 5.56 Å². The molecule has 0 aliphatic rings.